The van der Waals surface area contributed by atoms with Crippen molar-refractivity contribution in [1.82, 2.24) is 10.3 Å². The van der Waals surface area contributed by atoms with Crippen molar-refractivity contribution in [2.45, 2.75) is 32.2 Å². The Balaban J connectivity index is 1.67. The maximum atomic E-state index is 4.30. The lowest BCUT2D eigenvalue weighted by Gasteiger charge is -2.11. The highest BCUT2D eigenvalue weighted by Crippen LogP contribution is 2.32. The zero-order chi connectivity index (χ0) is 9.80. The second-order valence-corrected chi connectivity index (χ2v) is 4.15. The smallest absolute Gasteiger partial charge is 0.0416 e. The molecule has 0 aliphatic heterocycles. The second kappa shape index (κ2) is 4.56. The summed E-state index contributed by atoms with van der Waals surface area (Å²) < 4.78 is 0. The van der Waals surface area contributed by atoms with Gasteiger partial charge in [0, 0.05) is 30.9 Å². The summed E-state index contributed by atoms with van der Waals surface area (Å²) in [6.45, 7) is 3.34. The van der Waals surface area contributed by atoms with Gasteiger partial charge in [-0.15, -0.1) is 0 Å². The van der Waals surface area contributed by atoms with Gasteiger partial charge in [-0.05, 0) is 37.8 Å². The maximum Gasteiger partial charge on any atom is 0.0416 e. The van der Waals surface area contributed by atoms with Crippen molar-refractivity contribution in [3.05, 3.63) is 30.1 Å². The zero-order valence-corrected chi connectivity index (χ0v) is 8.74. The summed E-state index contributed by atoms with van der Waals surface area (Å²) in [6.07, 6.45) is 5.73. The standard InChI is InChI=1S/C12H18N2/c1-10(11-5-6-11)13-9-7-12-4-2-3-8-14-12/h2-4,8,10-11,13H,5-7,9H2,1H3/t10-/m1/s1. The lowest BCUT2D eigenvalue weighted by atomic mass is 10.2. The Labute approximate surface area is 85.7 Å². The van der Waals surface area contributed by atoms with Gasteiger partial charge >= 0.3 is 0 Å². The SMILES string of the molecule is C[C@@H](NCCc1ccccn1)C1CC1. The summed E-state index contributed by atoms with van der Waals surface area (Å²) in [5.41, 5.74) is 1.18. The molecule has 1 atom stereocenters. The fourth-order valence-corrected chi connectivity index (χ4v) is 1.74. The summed E-state index contributed by atoms with van der Waals surface area (Å²) in [4.78, 5) is 4.30. The van der Waals surface area contributed by atoms with Crippen LogP contribution in [0.25, 0.3) is 0 Å². The predicted molar refractivity (Wildman–Crippen MR) is 58.1 cm³/mol. The number of nitrogens with one attached hydrogen (secondary N) is 1. The quantitative estimate of drug-likeness (QED) is 0.768. The van der Waals surface area contributed by atoms with E-state index in [0.717, 1.165) is 18.9 Å². The number of hydrogen-bond acceptors (Lipinski definition) is 2. The molecule has 2 rings (SSSR count). The van der Waals surface area contributed by atoms with Gasteiger partial charge in [0.25, 0.3) is 0 Å². The summed E-state index contributed by atoms with van der Waals surface area (Å²) in [5, 5.41) is 3.55. The highest BCUT2D eigenvalue weighted by Gasteiger charge is 2.27. The third-order valence-corrected chi connectivity index (χ3v) is 2.90. The lowest BCUT2D eigenvalue weighted by molar-refractivity contribution is 0.498. The normalized spacial score (nSPS) is 18.1. The molecule has 1 fully saturated rings. The average Bonchev–Trinajstić information content (AvgIpc) is 3.02. The minimum Gasteiger partial charge on any atom is -0.314 e. The van der Waals surface area contributed by atoms with Crippen molar-refractivity contribution in [3.63, 3.8) is 0 Å². The predicted octanol–water partition coefficient (Wildman–Crippen LogP) is 2.01. The van der Waals surface area contributed by atoms with Gasteiger partial charge in [-0.2, -0.15) is 0 Å². The number of nitrogens with zero attached hydrogens (tertiary/aromatic N) is 1. The van der Waals surface area contributed by atoms with Gasteiger partial charge in [-0.1, -0.05) is 6.07 Å². The van der Waals surface area contributed by atoms with Crippen LogP contribution >= 0.6 is 0 Å². The first-order valence-corrected chi connectivity index (χ1v) is 5.49. The summed E-state index contributed by atoms with van der Waals surface area (Å²) in [7, 11) is 0. The maximum absolute atomic E-state index is 4.30. The fraction of sp³-hybridized carbons (Fsp3) is 0.583. The third kappa shape index (κ3) is 2.81. The molecule has 1 saturated carbocycles. The molecule has 0 saturated heterocycles. The molecular formula is C12H18N2. The van der Waals surface area contributed by atoms with Crippen LogP contribution in [0.4, 0.5) is 0 Å². The fourth-order valence-electron chi connectivity index (χ4n) is 1.74. The Hall–Kier alpha value is -0.890. The summed E-state index contributed by atoms with van der Waals surface area (Å²) in [5.74, 6) is 0.943. The van der Waals surface area contributed by atoms with Crippen LogP contribution in [0.15, 0.2) is 24.4 Å². The van der Waals surface area contributed by atoms with Gasteiger partial charge < -0.3 is 5.32 Å². The Kier molecular flexibility index (Phi) is 3.14. The Morgan fingerprint density at radius 2 is 2.36 bits per heavy atom. The highest BCUT2D eigenvalue weighted by molar-refractivity contribution is 5.03. The monoisotopic (exact) mass is 190 g/mol. The minimum atomic E-state index is 0.693. The number of aromatic nitrogens is 1. The van der Waals surface area contributed by atoms with Crippen molar-refractivity contribution in [2.75, 3.05) is 6.54 Å². The van der Waals surface area contributed by atoms with E-state index in [0.29, 0.717) is 6.04 Å². The number of hydrogen-bond donors (Lipinski definition) is 1. The Bertz CT molecular complexity index is 267. The average molecular weight is 190 g/mol. The van der Waals surface area contributed by atoms with E-state index in [1.165, 1.54) is 18.5 Å². The Morgan fingerprint density at radius 3 is 3.00 bits per heavy atom. The first-order valence-electron chi connectivity index (χ1n) is 5.49. The molecule has 2 heteroatoms. The van der Waals surface area contributed by atoms with Crippen LogP contribution in [-0.4, -0.2) is 17.6 Å². The van der Waals surface area contributed by atoms with Crippen LogP contribution in [0.2, 0.25) is 0 Å². The molecule has 0 bridgehead atoms. The van der Waals surface area contributed by atoms with E-state index in [9.17, 15) is 0 Å². The summed E-state index contributed by atoms with van der Waals surface area (Å²) in [6, 6.07) is 6.79. The molecule has 0 unspecified atom stereocenters. The van der Waals surface area contributed by atoms with Gasteiger partial charge in [0.1, 0.15) is 0 Å². The van der Waals surface area contributed by atoms with Crippen LogP contribution in [-0.2, 0) is 6.42 Å². The van der Waals surface area contributed by atoms with Crippen LogP contribution in [0.5, 0.6) is 0 Å². The molecule has 1 N–H and O–H groups in total. The van der Waals surface area contributed by atoms with Crippen molar-refractivity contribution < 1.29 is 0 Å². The topological polar surface area (TPSA) is 24.9 Å². The van der Waals surface area contributed by atoms with Crippen molar-refractivity contribution in [2.24, 2.45) is 5.92 Å². The first-order chi connectivity index (χ1) is 6.86. The van der Waals surface area contributed by atoms with E-state index in [4.69, 9.17) is 0 Å². The van der Waals surface area contributed by atoms with Crippen molar-refractivity contribution >= 4 is 0 Å². The molecule has 76 valence electrons. The highest BCUT2D eigenvalue weighted by atomic mass is 14.9. The second-order valence-electron chi connectivity index (χ2n) is 4.15. The number of rotatable bonds is 5. The molecule has 0 radical (unpaired) electrons. The van der Waals surface area contributed by atoms with Crippen LogP contribution in [0, 0.1) is 5.92 Å². The van der Waals surface area contributed by atoms with E-state index >= 15 is 0 Å². The van der Waals surface area contributed by atoms with E-state index in [1.54, 1.807) is 0 Å². The lowest BCUT2D eigenvalue weighted by Crippen LogP contribution is -2.29. The molecule has 1 aliphatic rings. The van der Waals surface area contributed by atoms with Gasteiger partial charge in [0.05, 0.1) is 0 Å². The van der Waals surface area contributed by atoms with E-state index in [2.05, 4.69) is 23.3 Å². The summed E-state index contributed by atoms with van der Waals surface area (Å²) >= 11 is 0. The van der Waals surface area contributed by atoms with Crippen molar-refractivity contribution in [1.29, 1.82) is 0 Å². The van der Waals surface area contributed by atoms with Gasteiger partial charge in [-0.3, -0.25) is 4.98 Å². The van der Waals surface area contributed by atoms with Gasteiger partial charge in [0.15, 0.2) is 0 Å². The van der Waals surface area contributed by atoms with Gasteiger partial charge in [0.2, 0.25) is 0 Å². The molecule has 1 aromatic heterocycles. The van der Waals surface area contributed by atoms with E-state index in [-0.39, 0.29) is 0 Å². The van der Waals surface area contributed by atoms with Crippen LogP contribution in [0.1, 0.15) is 25.5 Å². The van der Waals surface area contributed by atoms with Crippen LogP contribution < -0.4 is 5.32 Å². The molecule has 2 nitrogen and oxygen atoms in total. The minimum absolute atomic E-state index is 0.693. The molecule has 14 heavy (non-hydrogen) atoms. The Morgan fingerprint density at radius 1 is 1.50 bits per heavy atom. The molecule has 1 heterocycles. The molecule has 1 aromatic rings. The molecular weight excluding hydrogens is 172 g/mol. The molecule has 0 amide bonds. The molecule has 1 aliphatic carbocycles. The van der Waals surface area contributed by atoms with E-state index in [1.807, 2.05) is 18.3 Å². The van der Waals surface area contributed by atoms with Gasteiger partial charge in [-0.25, -0.2) is 0 Å². The van der Waals surface area contributed by atoms with Crippen LogP contribution in [0.3, 0.4) is 0 Å². The molecule has 0 aromatic carbocycles. The molecule has 0 spiro atoms. The largest absolute Gasteiger partial charge is 0.314 e. The first kappa shape index (κ1) is 9.66. The third-order valence-electron chi connectivity index (χ3n) is 2.90. The number of pyridine rings is 1. The van der Waals surface area contributed by atoms with Crippen molar-refractivity contribution in [3.8, 4) is 0 Å². The zero-order valence-electron chi connectivity index (χ0n) is 8.74. The van der Waals surface area contributed by atoms with E-state index < -0.39 is 0 Å².